The van der Waals surface area contributed by atoms with Crippen LogP contribution in [0.1, 0.15) is 51.9 Å². The van der Waals surface area contributed by atoms with Crippen molar-refractivity contribution in [1.29, 1.82) is 0 Å². The number of likely N-dealkylation sites (tertiary alicyclic amines) is 1. The van der Waals surface area contributed by atoms with Gasteiger partial charge in [0, 0.05) is 25.7 Å². The van der Waals surface area contributed by atoms with E-state index in [4.69, 9.17) is 23.2 Å². The second kappa shape index (κ2) is 9.63. The van der Waals surface area contributed by atoms with Gasteiger partial charge < -0.3 is 9.80 Å². The smallest absolute Gasteiger partial charge is 0.245 e. The molecule has 31 heavy (non-hydrogen) atoms. The van der Waals surface area contributed by atoms with Gasteiger partial charge in [-0.1, -0.05) is 11.6 Å². The molecule has 1 aromatic heterocycles. The zero-order valence-electron chi connectivity index (χ0n) is 18.1. The molecule has 3 fully saturated rings. The van der Waals surface area contributed by atoms with Crippen LogP contribution in [0.3, 0.4) is 0 Å². The summed E-state index contributed by atoms with van der Waals surface area (Å²) < 4.78 is 26.6. The van der Waals surface area contributed by atoms with Crippen molar-refractivity contribution in [2.45, 2.75) is 57.9 Å². The van der Waals surface area contributed by atoms with E-state index in [0.717, 1.165) is 64.8 Å². The lowest BCUT2D eigenvalue weighted by molar-refractivity contribution is 0.0551. The van der Waals surface area contributed by atoms with Crippen molar-refractivity contribution in [3.63, 3.8) is 0 Å². The third-order valence-corrected chi connectivity index (χ3v) is 9.25. The summed E-state index contributed by atoms with van der Waals surface area (Å²) in [5.74, 6) is 1.38. The van der Waals surface area contributed by atoms with E-state index in [0.29, 0.717) is 22.3 Å². The van der Waals surface area contributed by atoms with Gasteiger partial charge in [0.15, 0.2) is 11.0 Å². The zero-order valence-corrected chi connectivity index (χ0v) is 20.4. The summed E-state index contributed by atoms with van der Waals surface area (Å²) in [5, 5.41) is 8.00. The van der Waals surface area contributed by atoms with Crippen molar-refractivity contribution in [3.8, 4) is 0 Å². The molecular weight excluding hydrogens is 459 g/mol. The van der Waals surface area contributed by atoms with Crippen LogP contribution in [-0.2, 0) is 10.0 Å². The van der Waals surface area contributed by atoms with Crippen LogP contribution < -0.4 is 9.62 Å². The predicted octanol–water partition coefficient (Wildman–Crippen LogP) is 2.97. The largest absolute Gasteiger partial charge is 0.354 e. The van der Waals surface area contributed by atoms with Crippen LogP contribution in [-0.4, -0.2) is 73.0 Å². The Morgan fingerprint density at radius 3 is 2.45 bits per heavy atom. The Hall–Kier alpha value is -0.740. The normalized spacial score (nSPS) is 25.4. The van der Waals surface area contributed by atoms with Crippen LogP contribution in [0.15, 0.2) is 0 Å². The molecule has 0 radical (unpaired) electrons. The molecule has 1 aromatic rings. The summed E-state index contributed by atoms with van der Waals surface area (Å²) in [6, 6.07) is 0.120. The third-order valence-electron chi connectivity index (χ3n) is 7.39. The van der Waals surface area contributed by atoms with Gasteiger partial charge in [-0.3, -0.25) is 0 Å². The molecule has 1 aliphatic carbocycles. The summed E-state index contributed by atoms with van der Waals surface area (Å²) in [6.45, 7) is 6.87. The highest BCUT2D eigenvalue weighted by molar-refractivity contribution is 7.89. The molecule has 0 amide bonds. The number of hydrogen-bond acceptors (Lipinski definition) is 7. The number of aromatic nitrogens is 3. The van der Waals surface area contributed by atoms with E-state index in [1.165, 1.54) is 12.8 Å². The molecule has 1 spiro atoms. The summed E-state index contributed by atoms with van der Waals surface area (Å²) in [7, 11) is -3.10. The van der Waals surface area contributed by atoms with Crippen molar-refractivity contribution >= 4 is 39.0 Å². The van der Waals surface area contributed by atoms with Gasteiger partial charge >= 0.3 is 0 Å². The number of nitrogens with zero attached hydrogens (tertiary/aromatic N) is 5. The molecule has 0 aromatic carbocycles. The molecule has 1 unspecified atom stereocenters. The molecule has 174 valence electrons. The van der Waals surface area contributed by atoms with Gasteiger partial charge in [-0.2, -0.15) is 4.98 Å². The molecular formula is C20H32Cl2N6O2S. The van der Waals surface area contributed by atoms with E-state index in [9.17, 15) is 8.42 Å². The minimum atomic E-state index is -3.10. The van der Waals surface area contributed by atoms with Gasteiger partial charge in [-0.05, 0) is 87.9 Å². The molecule has 1 atom stereocenters. The number of hydrogen-bond donors (Lipinski definition) is 1. The molecule has 2 saturated heterocycles. The molecule has 2 aliphatic heterocycles. The third kappa shape index (κ3) is 5.79. The second-order valence-electron chi connectivity index (χ2n) is 9.39. The first kappa shape index (κ1) is 23.4. The van der Waals surface area contributed by atoms with Crippen molar-refractivity contribution in [2.75, 3.05) is 43.4 Å². The van der Waals surface area contributed by atoms with Crippen LogP contribution in [0.4, 0.5) is 5.82 Å². The quantitative estimate of drug-likeness (QED) is 0.654. The average molecular weight is 491 g/mol. The van der Waals surface area contributed by atoms with Gasteiger partial charge in [0.1, 0.15) is 0 Å². The number of sulfonamides is 1. The van der Waals surface area contributed by atoms with Crippen molar-refractivity contribution in [2.24, 2.45) is 11.3 Å². The van der Waals surface area contributed by atoms with Crippen molar-refractivity contribution in [1.82, 2.24) is 24.8 Å². The predicted molar refractivity (Wildman–Crippen MR) is 123 cm³/mol. The van der Waals surface area contributed by atoms with E-state index in [1.54, 1.807) is 6.92 Å². The van der Waals surface area contributed by atoms with Crippen LogP contribution in [0, 0.1) is 11.3 Å². The SMILES string of the molecule is CCS(=O)(=O)NC1CCC2(CC1)CCN(CC1CCN(c3nc(Cl)nnc3Cl)C1)CC2. The molecule has 11 heteroatoms. The van der Waals surface area contributed by atoms with E-state index in [-0.39, 0.29) is 17.1 Å². The highest BCUT2D eigenvalue weighted by Crippen LogP contribution is 2.45. The number of piperidine rings is 1. The van der Waals surface area contributed by atoms with Crippen LogP contribution in [0.2, 0.25) is 10.4 Å². The van der Waals surface area contributed by atoms with Gasteiger partial charge in [-0.15, -0.1) is 10.2 Å². The van der Waals surface area contributed by atoms with Crippen LogP contribution in [0.5, 0.6) is 0 Å². The topological polar surface area (TPSA) is 91.3 Å². The minimum absolute atomic E-state index is 0.120. The Labute approximate surface area is 195 Å². The highest BCUT2D eigenvalue weighted by atomic mass is 35.5. The van der Waals surface area contributed by atoms with Gasteiger partial charge in [0.25, 0.3) is 0 Å². The fourth-order valence-electron chi connectivity index (χ4n) is 5.42. The molecule has 3 aliphatic rings. The Morgan fingerprint density at radius 2 is 1.77 bits per heavy atom. The number of anilines is 1. The first-order chi connectivity index (χ1) is 14.8. The lowest BCUT2D eigenvalue weighted by Gasteiger charge is -2.46. The molecule has 1 N–H and O–H groups in total. The van der Waals surface area contributed by atoms with E-state index in [1.807, 2.05) is 0 Å². The number of rotatable bonds is 6. The van der Waals surface area contributed by atoms with E-state index in [2.05, 4.69) is 29.7 Å². The summed E-state index contributed by atoms with van der Waals surface area (Å²) in [4.78, 5) is 9.02. The Bertz CT molecular complexity index is 868. The Kier molecular flexibility index (Phi) is 7.28. The zero-order chi connectivity index (χ0) is 22.1. The Morgan fingerprint density at radius 1 is 1.06 bits per heavy atom. The maximum absolute atomic E-state index is 11.8. The average Bonchev–Trinajstić information content (AvgIpc) is 3.21. The van der Waals surface area contributed by atoms with Gasteiger partial charge in [-0.25, -0.2) is 13.1 Å². The molecule has 3 heterocycles. The second-order valence-corrected chi connectivity index (χ2v) is 12.1. The lowest BCUT2D eigenvalue weighted by Crippen LogP contribution is -2.46. The maximum atomic E-state index is 11.8. The number of nitrogens with one attached hydrogen (secondary N) is 1. The highest BCUT2D eigenvalue weighted by Gasteiger charge is 2.39. The van der Waals surface area contributed by atoms with Crippen LogP contribution in [0.25, 0.3) is 0 Å². The molecule has 8 nitrogen and oxygen atoms in total. The summed E-state index contributed by atoms with van der Waals surface area (Å²) in [5.41, 5.74) is 0.406. The fourth-order valence-corrected chi connectivity index (χ4v) is 6.65. The molecule has 1 saturated carbocycles. The minimum Gasteiger partial charge on any atom is -0.354 e. The maximum Gasteiger partial charge on any atom is 0.245 e. The monoisotopic (exact) mass is 490 g/mol. The Balaban J connectivity index is 1.23. The fraction of sp³-hybridized carbons (Fsp3) is 0.850. The van der Waals surface area contributed by atoms with E-state index < -0.39 is 10.0 Å². The first-order valence-corrected chi connectivity index (χ1v) is 13.7. The lowest BCUT2D eigenvalue weighted by atomic mass is 9.67. The molecule has 4 rings (SSSR count). The standard InChI is InChI=1S/C20H32Cl2N6O2S/c1-2-31(29,30)26-16-3-6-20(7-4-16)8-11-27(12-9-20)13-15-5-10-28(14-15)18-17(21)24-25-19(22)23-18/h15-16,26H,2-14H2,1H3. The summed E-state index contributed by atoms with van der Waals surface area (Å²) >= 11 is 12.1. The summed E-state index contributed by atoms with van der Waals surface area (Å²) in [6.07, 6.45) is 7.74. The van der Waals surface area contributed by atoms with Crippen molar-refractivity contribution < 1.29 is 8.42 Å². The first-order valence-electron chi connectivity index (χ1n) is 11.3. The van der Waals surface area contributed by atoms with Crippen LogP contribution >= 0.6 is 23.2 Å². The molecule has 0 bridgehead atoms. The van der Waals surface area contributed by atoms with Crippen molar-refractivity contribution in [3.05, 3.63) is 10.4 Å². The number of halogens is 2. The van der Waals surface area contributed by atoms with Gasteiger partial charge in [0.2, 0.25) is 15.3 Å². The van der Waals surface area contributed by atoms with E-state index >= 15 is 0 Å². The van der Waals surface area contributed by atoms with Gasteiger partial charge in [0.05, 0.1) is 5.75 Å².